The lowest BCUT2D eigenvalue weighted by molar-refractivity contribution is -1.22. The molecule has 68 saturated carbocycles. The summed E-state index contributed by atoms with van der Waals surface area (Å²) in [6.45, 7) is 0. The van der Waals surface area contributed by atoms with E-state index in [9.17, 15) is 0 Å². The Morgan fingerprint density at radius 2 is 0.473 bits per heavy atom. The van der Waals surface area contributed by atoms with Crippen LogP contribution in [0.1, 0.15) is 51.4 Å². The van der Waals surface area contributed by atoms with Gasteiger partial charge >= 0.3 is 0 Å². The van der Waals surface area contributed by atoms with E-state index in [2.05, 4.69) is 0 Å². The second-order valence-electron chi connectivity index (χ2n) is 60.0. The molecule has 412 valence electrons. The lowest BCUT2D eigenvalue weighted by atomic mass is 8.23. The molecule has 83 unspecified atom stereocenters. The van der Waals surface area contributed by atoms with Gasteiger partial charge in [-0.25, -0.2) is 0 Å². The monoisotopic (exact) mass is 1140 g/mol. The van der Waals surface area contributed by atoms with Gasteiger partial charge in [0, 0.05) is 0 Å². The van der Waals surface area contributed by atoms with Crippen molar-refractivity contribution in [3.63, 3.8) is 0 Å². The van der Waals surface area contributed by atoms with Gasteiger partial charge in [0.15, 0.2) is 0 Å². The highest BCUT2D eigenvalue weighted by molar-refractivity contribution is 6.57. The predicted octanol–water partition coefficient (Wildman–Crippen LogP) is 7.79. The van der Waals surface area contributed by atoms with E-state index in [-0.39, 0.29) is 0 Å². The molecule has 68 fully saturated rings. The van der Waals surface area contributed by atoms with Crippen molar-refractivity contribution in [3.8, 4) is 0 Å². The lowest BCUT2D eigenvalue weighted by Gasteiger charge is -3.79. The van der Waals surface area contributed by atoms with E-state index >= 15 is 0 Å². The lowest BCUT2D eigenvalue weighted by Crippen LogP contribution is -3.76. The van der Waals surface area contributed by atoms with E-state index in [4.69, 9.17) is 0 Å². The Morgan fingerprint density at radius 1 is 0.154 bits per heavy atom. The molecule has 68 aliphatic carbocycles. The minimum atomic E-state index is 1.05. The molecule has 0 heteroatoms. The second-order valence-corrected chi connectivity index (χ2v) is 60.0. The van der Waals surface area contributed by atoms with Crippen LogP contribution in [0.3, 0.4) is 0 Å². The smallest absolute Gasteiger partial charge is 0.0000249 e. The third-order valence-corrected chi connectivity index (χ3v) is 82.0. The van der Waals surface area contributed by atoms with Gasteiger partial charge in [0.2, 0.25) is 0 Å². The normalized spacial score (nSPS) is 148. The quantitative estimate of drug-likeness (QED) is 0.233. The van der Waals surface area contributed by atoms with Crippen LogP contribution >= 0.6 is 0 Å². The maximum Gasteiger partial charge on any atom is -0.0000249 e. The summed E-state index contributed by atoms with van der Waals surface area (Å²) in [5.74, 6) is 45.6. The summed E-state index contributed by atoms with van der Waals surface area (Å²) in [6.07, 6.45) is 15.0. The molecule has 0 aliphatic heterocycles. The molecule has 0 aromatic heterocycles. The molecule has 0 N–H and O–H groups in total. The second kappa shape index (κ2) is 4.24. The van der Waals surface area contributed by atoms with Gasteiger partial charge in [-0.15, -0.1) is 0 Å². The fourth-order valence-electron chi connectivity index (χ4n) is 108. The molecule has 0 radical (unpaired) electrons. The van der Waals surface area contributed by atoms with Gasteiger partial charge in [0.25, 0.3) is 0 Å². The van der Waals surface area contributed by atoms with Gasteiger partial charge in [-0.05, 0) is 504 Å². The average Bonchev–Trinajstić information content (AvgIpc) is 0.402. The maximum absolute atomic E-state index is 2.03. The van der Waals surface area contributed by atoms with Crippen molar-refractivity contribution in [3.05, 3.63) is 48.7 Å². The van der Waals surface area contributed by atoms with Crippen molar-refractivity contribution in [1.29, 1.82) is 0 Å². The van der Waals surface area contributed by atoms with Crippen LogP contribution in [0.2, 0.25) is 0 Å². The van der Waals surface area contributed by atoms with Crippen LogP contribution in [0.4, 0.5) is 0 Å². The highest BCUT2D eigenvalue weighted by atomic mass is 15.9. The Kier molecular flexibility index (Phi) is 1.38. The number of fused-ring (bicyclic) bond motifs is 23. The van der Waals surface area contributed by atoms with Crippen molar-refractivity contribution in [2.24, 2.45) is 417 Å². The minimum absolute atomic E-state index is 1.05. The van der Waals surface area contributed by atoms with Crippen molar-refractivity contribution < 1.29 is 0 Å². The number of hydrogen-bond acceptors (Lipinski definition) is 0. The van der Waals surface area contributed by atoms with Crippen LogP contribution in [-0.2, 0) is 0 Å². The zero-order valence-electron chi connectivity index (χ0n) is 49.6. The summed E-state index contributed by atoms with van der Waals surface area (Å²) in [7, 11) is 0. The summed E-state index contributed by atoms with van der Waals surface area (Å²) < 4.78 is 0. The standard InChI is InChI=1S/C91H48/c1-2-4-10-11-5-12-13-6-18-25-30-33-32-28-23-16-7-14-21-27-22-15-8-17-24-29-34-36-37-35-31-26-19-9(3-1)20-38-39-44(10)41(11,12)45(13)40-46(18)52(25)58(30)62(33)60(32)56(28)50(23)42(14,16)48(21)55(27)49(22)43(15,17)51(24)57(29)61(34)64(36)65(37)63(35)59(31)53(26)47(19,20)54(38)66(39)68(44,45)67(40)69(46)74(52)79(58)83(62)81(60)77(56)71(48,50)75(55)72(49,51)78(57)82(61)85(64)84(65)80(63)76(59)70(53,54)73(66,67)86(69,76)88(74,80)90(79,84)91(83,85)89(81,82)87(75,77)78/h9-40H,1-8H2. The van der Waals surface area contributed by atoms with Crippen molar-refractivity contribution in [2.75, 3.05) is 0 Å². The third kappa shape index (κ3) is 0.580. The zero-order chi connectivity index (χ0) is 49.6. The van der Waals surface area contributed by atoms with Crippen LogP contribution in [0.25, 0.3) is 0 Å². The van der Waals surface area contributed by atoms with Gasteiger partial charge < -0.3 is 0 Å². The van der Waals surface area contributed by atoms with E-state index in [1.54, 1.807) is 12.8 Å². The Balaban J connectivity index is 0.627. The largest absolute Gasteiger partial charge is 0.0530 e. The molecule has 91 heavy (non-hydrogen) atoms. The third-order valence-electron chi connectivity index (χ3n) is 82.0. The SMILES string of the molecule is C1CCC2C3CC4C5CC6C7C8C9C%10C%11C%12C%13CC%14C%15C%16C%17C%18CC%19C%20C%21C%22C%23C%24C%25C%26C%27C%28C(C1)C1C%29C%30C2%31C34C52C3C64C75C86C97C%108C%119C%12%10C%14%13C%15%11C%16%12C%17%13C%18%19C%20%14C%21%15C%22%16C%23%17C%24%18C%25%19C%26%20C%27%21C1%28C%291C%30%22C%312C32C43C54C65C76C87C98C%11%10C%129C%13%14C%15%10C%16%11C%17%12C%18%13C%19%14C%20%15C1%21C%222C3%15C4%14C5%13C6%12C7%11C98%10. The molecule has 0 bridgehead atoms. The summed E-state index contributed by atoms with van der Waals surface area (Å²) in [5, 5.41) is 0. The number of rotatable bonds is 0. The highest BCUT2D eigenvalue weighted by Crippen LogP contribution is 3.87. The van der Waals surface area contributed by atoms with Crippen LogP contribution in [0, 0.1) is 466 Å². The molecule has 0 amide bonds. The van der Waals surface area contributed by atoms with Crippen molar-refractivity contribution in [1.82, 2.24) is 0 Å². The molecule has 83 atom stereocenters. The Morgan fingerprint density at radius 3 is 1.03 bits per heavy atom. The zero-order valence-corrected chi connectivity index (χ0v) is 49.6. The molecule has 51 spiro atoms. The summed E-state index contributed by atoms with van der Waals surface area (Å²) in [5.41, 5.74) is 57.8. The fraction of sp³-hybridized carbons (Fsp3) is 1.00. The summed E-state index contributed by atoms with van der Waals surface area (Å²) in [6, 6.07) is 0. The van der Waals surface area contributed by atoms with E-state index < -0.39 is 0 Å². The van der Waals surface area contributed by atoms with Gasteiger partial charge in [-0.1, -0.05) is 12.8 Å². The highest BCUT2D eigenvalue weighted by Gasteiger charge is 3.84. The predicted molar refractivity (Wildman–Crippen MR) is 280 cm³/mol. The van der Waals surface area contributed by atoms with Gasteiger partial charge in [-0.3, -0.25) is 0 Å². The van der Waals surface area contributed by atoms with Crippen molar-refractivity contribution >= 4 is 0 Å². The molecular formula is C91H48. The molecule has 0 aromatic rings. The van der Waals surface area contributed by atoms with E-state index in [0.717, 1.165) is 265 Å². The maximum atomic E-state index is 2.03. The van der Waals surface area contributed by atoms with Gasteiger partial charge in [0.05, 0.1) is 0 Å². The molecule has 0 nitrogen and oxygen atoms in total. The molecule has 0 heterocycles. The first-order valence-electron chi connectivity index (χ1n) is 45.3. The topological polar surface area (TPSA) is 0 Å². The van der Waals surface area contributed by atoms with E-state index in [0.29, 0.717) is 0 Å². The number of hydrogen-bond donors (Lipinski definition) is 0. The van der Waals surface area contributed by atoms with Crippen LogP contribution in [0.5, 0.6) is 0 Å². The summed E-state index contributed by atoms with van der Waals surface area (Å²) >= 11 is 0. The van der Waals surface area contributed by atoms with E-state index in [1.807, 2.05) is 38.5 Å². The van der Waals surface area contributed by atoms with Gasteiger partial charge in [0.1, 0.15) is 0 Å². The molecular weight excluding hydrogens is 1090 g/mol. The first kappa shape index (κ1) is 29.5. The molecule has 0 aromatic carbocycles. The molecule has 68 aliphatic rings. The molecule has 68 rings (SSSR count). The fourth-order valence-corrected chi connectivity index (χ4v) is 108. The first-order chi connectivity index (χ1) is 45.3. The Hall–Kier alpha value is 0. The molecule has 0 saturated heterocycles. The Labute approximate surface area is 513 Å². The van der Waals surface area contributed by atoms with Crippen LogP contribution in [0.15, 0.2) is 0 Å². The minimum Gasteiger partial charge on any atom is -0.0530 e. The van der Waals surface area contributed by atoms with Crippen LogP contribution < -0.4 is 0 Å². The first-order valence-corrected chi connectivity index (χ1v) is 45.3. The summed E-state index contributed by atoms with van der Waals surface area (Å²) in [4.78, 5) is 0. The van der Waals surface area contributed by atoms with Crippen molar-refractivity contribution in [2.45, 2.75) is 51.4 Å². The van der Waals surface area contributed by atoms with Crippen LogP contribution in [-0.4, -0.2) is 0 Å². The van der Waals surface area contributed by atoms with E-state index in [1.165, 1.54) is 200 Å². The Bertz CT molecular complexity index is 7010. The average molecular weight is 1140 g/mol. The van der Waals surface area contributed by atoms with Gasteiger partial charge in [-0.2, -0.15) is 0 Å².